The number of nitrogens with zero attached hydrogens (tertiary/aromatic N) is 6. The lowest BCUT2D eigenvalue weighted by atomic mass is 9.95. The van der Waals surface area contributed by atoms with Crippen molar-refractivity contribution in [3.05, 3.63) is 70.8 Å². The van der Waals surface area contributed by atoms with Crippen molar-refractivity contribution in [2.24, 2.45) is 17.6 Å². The van der Waals surface area contributed by atoms with Crippen molar-refractivity contribution in [3.63, 3.8) is 0 Å². The van der Waals surface area contributed by atoms with E-state index in [0.29, 0.717) is 55.2 Å². The van der Waals surface area contributed by atoms with Gasteiger partial charge in [-0.15, -0.1) is 0 Å². The van der Waals surface area contributed by atoms with Crippen molar-refractivity contribution >= 4 is 112 Å². The number of fused-ring (bicyclic) bond motifs is 4. The third kappa shape index (κ3) is 28.9. The van der Waals surface area contributed by atoms with Gasteiger partial charge in [0.25, 0.3) is 0 Å². The number of Topliss-reactive ketones (excluding diaryl/α,β-unsaturated/α-hetero) is 3. The molecule has 3 saturated heterocycles. The van der Waals surface area contributed by atoms with Gasteiger partial charge in [0.2, 0.25) is 35.4 Å². The first kappa shape index (κ1) is 83.9. The predicted molar refractivity (Wildman–Crippen MR) is 383 cm³/mol. The number of nitrogens with two attached hydrogens (primary N) is 1. The highest BCUT2D eigenvalue weighted by atomic mass is 32.2. The zero-order chi connectivity index (χ0) is 74.4. The van der Waals surface area contributed by atoms with E-state index in [0.717, 1.165) is 34.4 Å². The molecule has 9 atom stereocenters. The molecule has 11 N–H and O–H groups in total. The number of carbonyl (C=O) groups is 13. The Morgan fingerprint density at radius 1 is 0.627 bits per heavy atom. The zero-order valence-electron chi connectivity index (χ0n) is 58.3. The number of amides is 6. The minimum atomic E-state index is -1.78. The molecule has 4 heterocycles. The van der Waals surface area contributed by atoms with Crippen molar-refractivity contribution < 1.29 is 93.0 Å². The Bertz CT molecular complexity index is 3180. The van der Waals surface area contributed by atoms with Crippen LogP contribution in [0.1, 0.15) is 120 Å². The van der Waals surface area contributed by atoms with Gasteiger partial charge >= 0.3 is 23.9 Å². The maximum absolute atomic E-state index is 15.0. The average molecular weight is 1480 g/mol. The Morgan fingerprint density at radius 3 is 1.75 bits per heavy atom. The summed E-state index contributed by atoms with van der Waals surface area (Å²) >= 11 is 4.28. The topological polar surface area (TPSA) is 425 Å². The Morgan fingerprint density at radius 2 is 1.20 bits per heavy atom. The predicted octanol–water partition coefficient (Wildman–Crippen LogP) is 1.34. The highest BCUT2D eigenvalue weighted by molar-refractivity contribution is 7.99. The highest BCUT2D eigenvalue weighted by Crippen LogP contribution is 2.31. The smallest absolute Gasteiger partial charge is 0.317 e. The number of thioether (sulfide) groups is 3. The first-order valence-corrected chi connectivity index (χ1v) is 38.5. The van der Waals surface area contributed by atoms with E-state index in [1.165, 1.54) is 35.3 Å². The van der Waals surface area contributed by atoms with Gasteiger partial charge < -0.3 is 62.1 Å². The SMILES string of the molecule is CCCCCC(=O)C[C@H]1CSCc2cc(CSCCCC(=O)CN3CCN(CC(=O)O)CCN(CC(=O)O)CCN(CC(=O)O)CC3)cc(c2)CSC[C@@H](C(=O)O)CC(=O)[C@H](Cc2ccccc2)NC(=O)[C@H](CCC(N)=O)NC(=O)[C@H]([C@@H](C)O)NC(=O)[C@@H]2C[C@@H](O)CN2C(=O)[C@@H]2CCCN2C1=O. The molecule has 2 bridgehead atoms. The number of hydrogen-bond acceptors (Lipinski definition) is 22. The van der Waals surface area contributed by atoms with E-state index >= 15 is 0 Å². The maximum Gasteiger partial charge on any atom is 0.317 e. The summed E-state index contributed by atoms with van der Waals surface area (Å²) in [5, 5.41) is 69.2. The van der Waals surface area contributed by atoms with Gasteiger partial charge in [0, 0.05) is 133 Å². The number of carboxylic acid groups (broad SMARTS) is 4. The molecule has 0 radical (unpaired) electrons. The van der Waals surface area contributed by atoms with Gasteiger partial charge in [-0.1, -0.05) is 68.3 Å². The molecule has 102 heavy (non-hydrogen) atoms. The van der Waals surface area contributed by atoms with Gasteiger partial charge in [-0.2, -0.15) is 35.3 Å². The first-order valence-electron chi connectivity index (χ1n) is 35.1. The number of carboxylic acids is 4. The molecule has 0 saturated carbocycles. The largest absolute Gasteiger partial charge is 0.481 e. The number of hydrogen-bond donors (Lipinski definition) is 10. The standard InChI is InChI=1S/C70H102N10O19S3/c1-3-4-6-13-52(82)32-50-43-101-41-48-28-47(40-100-27-10-14-53(83)35-75-19-21-76(37-61(87)88)23-25-78(39-63(91)92)26-24-77(22-20-75)38-62(89)90)29-49(30-48)42-102-44-51(70(98)99)33-59(85)56(31-46-11-7-5-8-12-46)73-65(93)55(16-17-60(71)86)72-67(95)64(45(2)81)74-66(94)58-34-54(84)36-80(58)69(97)57-15-9-18-79(57)68(50)96/h5,7-8,11-12,28-30,45,50-51,54-58,64,81,84H,3-4,6,9-10,13-27,31-44H2,1-2H3,(H2,71,86)(H,72,95)(H,73,93)(H,74,94)(H,87,88)(H,89,90)(H,91,92)(H,98,99)/t45-,50+,51+,54-,55+,56+,57+,58+,64+/m1/s1. The Labute approximate surface area is 607 Å². The lowest BCUT2D eigenvalue weighted by Crippen LogP contribution is -2.61. The lowest BCUT2D eigenvalue weighted by molar-refractivity contribution is -0.149. The van der Waals surface area contributed by atoms with Crippen LogP contribution in [0.3, 0.4) is 0 Å². The van der Waals surface area contributed by atoms with Crippen LogP contribution in [0.15, 0.2) is 48.5 Å². The number of aliphatic carboxylic acids is 4. The van der Waals surface area contributed by atoms with Crippen molar-refractivity contribution in [2.45, 2.75) is 163 Å². The second-order valence-corrected chi connectivity index (χ2v) is 30.1. The zero-order valence-corrected chi connectivity index (χ0v) is 60.8. The minimum Gasteiger partial charge on any atom is -0.481 e. The van der Waals surface area contributed by atoms with E-state index < -0.39 is 139 Å². The van der Waals surface area contributed by atoms with E-state index in [1.807, 2.05) is 30.0 Å². The second kappa shape index (κ2) is 43.3. The lowest BCUT2D eigenvalue weighted by Gasteiger charge is -2.33. The van der Waals surface area contributed by atoms with Crippen LogP contribution in [0, 0.1) is 11.8 Å². The molecule has 0 spiro atoms. The molecule has 2 aromatic carbocycles. The number of aliphatic hydroxyl groups is 2. The quantitative estimate of drug-likeness (QED) is 0.0564. The summed E-state index contributed by atoms with van der Waals surface area (Å²) in [5.74, 6) is -10.5. The fourth-order valence-corrected chi connectivity index (χ4v) is 16.1. The summed E-state index contributed by atoms with van der Waals surface area (Å²) in [4.78, 5) is 185. The third-order valence-electron chi connectivity index (χ3n) is 18.4. The number of ketones is 3. The maximum atomic E-state index is 15.0. The van der Waals surface area contributed by atoms with Gasteiger partial charge in [0.1, 0.15) is 35.7 Å². The molecule has 4 aliphatic heterocycles. The molecule has 0 aliphatic carbocycles. The molecule has 2 aromatic rings. The molecular weight excluding hydrogens is 1380 g/mol. The van der Waals surface area contributed by atoms with Gasteiger partial charge in [-0.3, -0.25) is 81.9 Å². The van der Waals surface area contributed by atoms with Crippen LogP contribution in [0.2, 0.25) is 0 Å². The number of carbonyl (C=O) groups excluding carboxylic acids is 9. The van der Waals surface area contributed by atoms with Crippen molar-refractivity contribution in [1.82, 2.24) is 45.3 Å². The number of aliphatic hydroxyl groups excluding tert-OH is 2. The number of rotatable bonds is 27. The Balaban J connectivity index is 1.27. The van der Waals surface area contributed by atoms with E-state index in [2.05, 4.69) is 16.0 Å². The van der Waals surface area contributed by atoms with Crippen molar-refractivity contribution in [2.75, 3.05) is 109 Å². The minimum absolute atomic E-state index is 0.0357. The summed E-state index contributed by atoms with van der Waals surface area (Å²) in [6, 6.07) is 7.34. The summed E-state index contributed by atoms with van der Waals surface area (Å²) in [6.07, 6.45) is -0.801. The monoisotopic (exact) mass is 1480 g/mol. The number of unbranched alkanes of at least 4 members (excludes halogenated alkanes) is 2. The molecule has 6 amide bonds. The van der Waals surface area contributed by atoms with E-state index in [-0.39, 0.29) is 146 Å². The van der Waals surface area contributed by atoms with Crippen LogP contribution in [-0.4, -0.2) is 288 Å². The first-order chi connectivity index (χ1) is 48.7. The van der Waals surface area contributed by atoms with Gasteiger partial charge in [0.05, 0.1) is 56.3 Å². The molecule has 3 fully saturated rings. The summed E-state index contributed by atoms with van der Waals surface area (Å²) in [6.45, 7) is 4.28. The fourth-order valence-electron chi connectivity index (χ4n) is 13.0. The summed E-state index contributed by atoms with van der Waals surface area (Å²) < 4.78 is 0. The average Bonchev–Trinajstić information content (AvgIpc) is 1.63. The molecule has 0 unspecified atom stereocenters. The van der Waals surface area contributed by atoms with E-state index in [1.54, 1.807) is 56.8 Å². The van der Waals surface area contributed by atoms with Gasteiger partial charge in [-0.05, 0) is 73.5 Å². The molecule has 6 rings (SSSR count). The summed E-state index contributed by atoms with van der Waals surface area (Å²) in [5.41, 5.74) is 8.66. The van der Waals surface area contributed by atoms with Crippen LogP contribution >= 0.6 is 35.3 Å². The molecular formula is C70H102N10O19S3. The van der Waals surface area contributed by atoms with Crippen molar-refractivity contribution in [1.29, 1.82) is 0 Å². The fraction of sp³-hybridized carbons (Fsp3) is 0.643. The van der Waals surface area contributed by atoms with Crippen molar-refractivity contribution in [3.8, 4) is 0 Å². The number of primary amides is 1. The summed E-state index contributed by atoms with van der Waals surface area (Å²) in [7, 11) is 0. The molecule has 32 heteroatoms. The molecule has 29 nitrogen and oxygen atoms in total. The normalized spacial score (nSPS) is 24.2. The molecule has 4 aliphatic rings. The van der Waals surface area contributed by atoms with E-state index in [4.69, 9.17) is 5.73 Å². The Hall–Kier alpha value is -7.04. The number of benzene rings is 2. The number of nitrogens with one attached hydrogen (secondary N) is 3. The van der Waals surface area contributed by atoms with Crippen LogP contribution in [-0.2, 0) is 86.0 Å². The second-order valence-electron chi connectivity index (χ2n) is 26.9. The van der Waals surface area contributed by atoms with Crippen LogP contribution in [0.25, 0.3) is 0 Å². The molecule has 0 aromatic heterocycles. The van der Waals surface area contributed by atoms with Gasteiger partial charge in [-0.25, -0.2) is 0 Å². The van der Waals surface area contributed by atoms with Crippen LogP contribution < -0.4 is 21.7 Å². The highest BCUT2D eigenvalue weighted by Gasteiger charge is 2.47. The molecule has 564 valence electrons. The van der Waals surface area contributed by atoms with Crippen LogP contribution in [0.5, 0.6) is 0 Å². The van der Waals surface area contributed by atoms with Crippen LogP contribution in [0.4, 0.5) is 0 Å². The third-order valence-corrected chi connectivity index (χ3v) is 21.9. The van der Waals surface area contributed by atoms with Gasteiger partial charge in [0.15, 0.2) is 5.78 Å². The van der Waals surface area contributed by atoms with E-state index in [9.17, 15) is 93.0 Å². The Kier molecular flexibility index (Phi) is 35.6.